The number of hydrogen-bond donors (Lipinski definition) is 8. The van der Waals surface area contributed by atoms with Crippen LogP contribution in [0.15, 0.2) is 233 Å². The molecule has 3 aliphatic rings. The third kappa shape index (κ3) is 30.0. The van der Waals surface area contributed by atoms with Gasteiger partial charge in [0.1, 0.15) is 103 Å². The average molecular weight is 2150 g/mol. The van der Waals surface area contributed by atoms with Gasteiger partial charge in [-0.25, -0.2) is 41.3 Å². The van der Waals surface area contributed by atoms with E-state index in [0.29, 0.717) is 19.3 Å². The molecule has 13 rings (SSSR count). The van der Waals surface area contributed by atoms with E-state index in [1.807, 2.05) is 60.7 Å². The van der Waals surface area contributed by atoms with Crippen LogP contribution in [0.1, 0.15) is 97.7 Å². The molecule has 6 heterocycles. The van der Waals surface area contributed by atoms with Gasteiger partial charge in [-0.1, -0.05) is 187 Å². The number of anilines is 3. The van der Waals surface area contributed by atoms with E-state index in [4.69, 9.17) is 77.1 Å². The highest BCUT2D eigenvalue weighted by Crippen LogP contribution is 2.55. The molecule has 0 spiro atoms. The number of carbonyl (C=O) groups excluding carboxylic acids is 3. The number of rotatable bonds is 37. The number of carbonyl (C=O) groups is 3. The molecule has 3 aromatic heterocycles. The van der Waals surface area contributed by atoms with Crippen molar-refractivity contribution >= 4 is 75.2 Å². The zero-order valence-electron chi connectivity index (χ0n) is 80.7. The summed E-state index contributed by atoms with van der Waals surface area (Å²) < 4.78 is 280. The van der Waals surface area contributed by atoms with Crippen LogP contribution in [0.3, 0.4) is 0 Å². The number of halogens is 11. The highest BCUT2D eigenvalue weighted by molar-refractivity contribution is 7.53. The van der Waals surface area contributed by atoms with Crippen LogP contribution in [0.5, 0.6) is 23.0 Å². The Morgan fingerprint density at radius 2 is 0.685 bits per heavy atom. The number of benzene rings is 7. The monoisotopic (exact) mass is 2150 g/mol. The molecule has 0 amide bonds. The molecule has 3 saturated heterocycles. The van der Waals surface area contributed by atoms with E-state index < -0.39 is 226 Å². The molecule has 792 valence electrons. The summed E-state index contributed by atoms with van der Waals surface area (Å²) >= 11 is 0. The maximum Gasteiger partial charge on any atom is 0.513 e. The van der Waals surface area contributed by atoms with E-state index in [1.165, 1.54) is 81.4 Å². The molecule has 15 atom stereocenters. The van der Waals surface area contributed by atoms with Gasteiger partial charge in [0.25, 0.3) is 0 Å². The fraction of sp³-hybridized carbons (Fsp3) is 0.387. The van der Waals surface area contributed by atoms with Crippen molar-refractivity contribution in [3.05, 3.63) is 296 Å². The fourth-order valence-electron chi connectivity index (χ4n) is 13.1. The zero-order valence-corrected chi connectivity index (χ0v) is 85.3. The van der Waals surface area contributed by atoms with Gasteiger partial charge in [-0.05, 0) is 128 Å². The second kappa shape index (κ2) is 48.8. The number of alkyl halides is 6. The summed E-state index contributed by atoms with van der Waals surface area (Å²) in [4.78, 5) is 84.8. The first kappa shape index (κ1) is 116. The molecule has 3 fully saturated rings. The average Bonchev–Trinajstić information content (AvgIpc) is 1.35. The van der Waals surface area contributed by atoms with Crippen LogP contribution in [0.4, 0.5) is 65.7 Å². The number of para-hydroxylation sites is 3. The summed E-state index contributed by atoms with van der Waals surface area (Å²) in [6.45, 7) is 20.1. The lowest BCUT2D eigenvalue weighted by molar-refractivity contribution is -0.147. The second-order valence-electron chi connectivity index (χ2n) is 36.1. The normalized spacial score (nSPS) is 20.8. The van der Waals surface area contributed by atoms with Gasteiger partial charge < -0.3 is 82.8 Å². The van der Waals surface area contributed by atoms with Crippen LogP contribution in [0.2, 0.25) is 36.3 Å². The van der Waals surface area contributed by atoms with Crippen LogP contribution in [0, 0.1) is 29.1 Å². The number of aliphatic hydroxyl groups excluding tert-OH is 2. The molecule has 3 aliphatic heterocycles. The van der Waals surface area contributed by atoms with E-state index in [9.17, 15) is 83.4 Å². The largest absolute Gasteiger partial charge is 0.513 e. The van der Waals surface area contributed by atoms with Crippen LogP contribution < -0.4 is 67.6 Å². The molecule has 10 aromatic rings. The molecule has 53 heteroatoms. The van der Waals surface area contributed by atoms with Crippen molar-refractivity contribution < 1.29 is 151 Å². The minimum Gasteiger partial charge on any atom is -0.460 e. The smallest absolute Gasteiger partial charge is 0.460 e. The molecular weight excluding hydrogens is 2040 g/mol. The van der Waals surface area contributed by atoms with Gasteiger partial charge in [0.2, 0.25) is 53.5 Å². The molecule has 37 nitrogen and oxygen atoms in total. The van der Waals surface area contributed by atoms with Gasteiger partial charge in [0.15, 0.2) is 22.7 Å². The Kier molecular flexibility index (Phi) is 38.8. The molecule has 0 aliphatic carbocycles. The first-order valence-corrected chi connectivity index (χ1v) is 55.0. The van der Waals surface area contributed by atoms with Gasteiger partial charge in [-0.3, -0.25) is 37.1 Å². The van der Waals surface area contributed by atoms with E-state index in [2.05, 4.69) is 34.7 Å². The predicted octanol–water partition coefficient (Wildman–Crippen LogP) is 15.7. The summed E-state index contributed by atoms with van der Waals surface area (Å²) in [5.41, 5.74) is 15.4. The Bertz CT molecular complexity index is 6410. The SMILES string of the molecule is CC(C)(C)[Si](C)(C)O[C@@H]1[C@@H](CO)O[C@@H](n2ccc(N)nc2=O)C1(F)F.C[C@H](N[P@](=O)(OC[C@H]1O[C@@H](n2ccc(N)nc2=O)C(F)(F)[C@@H]1O)Oc1ccccc1)C(=O)OCc1ccccc1.C[C@H](N[P@](=O)(OC[C@H]1O[C@@H](n2ccc(N)nc2=O)C(F)(F)[C@@H]1O[Si](C)(C)C(C)(C)C)Oc1ccccc1)C(=O)OCc1ccccc1.C[C@H](N[P@](=O)(Oc1ccccc1)Oc1c(F)c(F)c(F)c(F)c1F)C(=O)OCc1ccccc1. The van der Waals surface area contributed by atoms with Gasteiger partial charge in [0, 0.05) is 18.6 Å². The molecule has 11 N–H and O–H groups in total. The minimum absolute atomic E-state index is 0.0331. The van der Waals surface area contributed by atoms with E-state index in [0.717, 1.165) is 35.8 Å². The van der Waals surface area contributed by atoms with Crippen molar-refractivity contribution in [3.63, 3.8) is 0 Å². The number of aliphatic hydroxyl groups is 2. The fourth-order valence-corrected chi connectivity index (χ4v) is 20.2. The zero-order chi connectivity index (χ0) is 108. The maximum absolute atomic E-state index is 16.2. The Morgan fingerprint density at radius 1 is 0.418 bits per heavy atom. The first-order chi connectivity index (χ1) is 68.3. The lowest BCUT2D eigenvalue weighted by Crippen LogP contribution is -2.52. The highest BCUT2D eigenvalue weighted by Gasteiger charge is 2.66. The van der Waals surface area contributed by atoms with Crippen LogP contribution in [-0.4, -0.2) is 166 Å². The van der Waals surface area contributed by atoms with Gasteiger partial charge in [0.05, 0.1) is 19.8 Å². The summed E-state index contributed by atoms with van der Waals surface area (Å²) in [6, 6.07) is 48.8. The van der Waals surface area contributed by atoms with Crippen LogP contribution in [0.25, 0.3) is 0 Å². The van der Waals surface area contributed by atoms with Crippen molar-refractivity contribution in [2.45, 2.75) is 210 Å². The van der Waals surface area contributed by atoms with Crippen LogP contribution in [-0.2, 0) is 94.2 Å². The topological polar surface area (TPSA) is 491 Å². The maximum atomic E-state index is 16.2. The number of aromatic nitrogens is 6. The lowest BCUT2D eigenvalue weighted by Gasteiger charge is -2.40. The van der Waals surface area contributed by atoms with Crippen molar-refractivity contribution in [2.75, 3.05) is 37.0 Å². The van der Waals surface area contributed by atoms with Crippen molar-refractivity contribution in [3.8, 4) is 23.0 Å². The van der Waals surface area contributed by atoms with Crippen molar-refractivity contribution in [1.29, 1.82) is 0 Å². The van der Waals surface area contributed by atoms with Crippen molar-refractivity contribution in [1.82, 2.24) is 43.9 Å². The summed E-state index contributed by atoms with van der Waals surface area (Å²) in [5, 5.41) is 26.1. The molecular formula is C93H110F11N12O25P3Si2. The van der Waals surface area contributed by atoms with Gasteiger partial charge in [-0.15, -0.1) is 0 Å². The number of nitrogen functional groups attached to an aromatic ring is 3. The molecule has 0 bridgehead atoms. The quantitative estimate of drug-likeness (QED) is 0.00341. The number of hydrogen-bond acceptors (Lipinski definition) is 31. The summed E-state index contributed by atoms with van der Waals surface area (Å²) in [6.07, 6.45) is -13.8. The summed E-state index contributed by atoms with van der Waals surface area (Å²) in [5.74, 6) is -27.7. The number of esters is 3. The number of nitrogens with zero attached hydrogens (tertiary/aromatic N) is 6. The number of nitrogens with one attached hydrogen (secondary N) is 3. The Hall–Kier alpha value is -11.9. The second-order valence-corrected chi connectivity index (χ2v) is 50.6. The van der Waals surface area contributed by atoms with Crippen LogP contribution >= 0.6 is 23.2 Å². The van der Waals surface area contributed by atoms with E-state index in [-0.39, 0.29) is 59.6 Å². The first-order valence-electron chi connectivity index (χ1n) is 44.6. The standard InChI is InChI=1S/C31H41F2N4O8PSi.C25H27F2N4O8P.C22H17F5NO5P.C15H25F2N3O4Si/c1-21(27(38)41-19-22-13-9-7-10-14-22)36-46(40,44-23-15-11-8-12-16-23)42-20-24-26(45-47(5,6)30(2,3)4)31(32,33)28(43-24)37-18-17-25(34)35-29(37)39;1-16(22(33)36-14-17-8-4-2-5-9-17)30-40(35,39-18-10-6-3-7-11-18)37-15-19-21(32)25(26,27)23(38-19)31-13-12-20(28)29-24(31)34;1-13(22(29)31-12-14-8-4-2-5-9-14)28-34(30,32-15-10-6-3-7-11-15)33-21-19(26)17(24)16(23)18(25)20(21)27;1-14(2,3)25(4,5)24-11-9(8-21)23-12(15(11,16)17)20-7-6-10(18)19-13(20)22/h7-18,21,24,26,28H,19-20H2,1-6H3,(H,36,40)(H2,34,35,39);2-13,16,19,21,23,32H,14-15H2,1H3,(H,30,35)(H2,28,29,34);2-11,13H,12H2,1H3,(H,28,30);6-7,9,11-12,21H,8H2,1-5H3,(H2,18,19,22)/t21-,24+,26+,28+,46-;16-,19+,21+,23+,40-;13-,34-;9-,11-,12-/m0001/s1. The predicted molar refractivity (Wildman–Crippen MR) is 512 cm³/mol. The van der Waals surface area contributed by atoms with E-state index >= 15 is 17.6 Å². The number of ether oxygens (including phenoxy) is 6. The minimum atomic E-state index is -4.96. The summed E-state index contributed by atoms with van der Waals surface area (Å²) in [7, 11) is -19.3. The molecule has 0 saturated carbocycles. The molecule has 7 aromatic carbocycles. The Labute approximate surface area is 831 Å². The van der Waals surface area contributed by atoms with Crippen molar-refractivity contribution in [2.24, 2.45) is 0 Å². The Balaban J connectivity index is 0.000000204. The Morgan fingerprint density at radius 3 is 0.993 bits per heavy atom. The molecule has 146 heavy (non-hydrogen) atoms. The van der Waals surface area contributed by atoms with Gasteiger partial charge in [-0.2, -0.15) is 65.3 Å². The lowest BCUT2D eigenvalue weighted by atomic mass is 10.1. The van der Waals surface area contributed by atoms with E-state index in [1.54, 1.807) is 140 Å². The third-order valence-corrected chi connectivity index (χ3v) is 36.7. The molecule has 0 unspecified atom stereocenters. The molecule has 0 radical (unpaired) electrons. The van der Waals surface area contributed by atoms with Gasteiger partial charge >= 0.3 is 76.0 Å². The highest BCUT2D eigenvalue weighted by atomic mass is 31.2. The third-order valence-electron chi connectivity index (χ3n) is 22.9. The number of nitrogens with two attached hydrogens (primary N) is 3.